The highest BCUT2D eigenvalue weighted by molar-refractivity contribution is 5.46. The molecule has 2 aromatic rings. The summed E-state index contributed by atoms with van der Waals surface area (Å²) in [6, 6.07) is 12.7. The van der Waals surface area contributed by atoms with Gasteiger partial charge in [0.05, 0.1) is 12.3 Å². The van der Waals surface area contributed by atoms with E-state index in [-0.39, 0.29) is 6.04 Å². The van der Waals surface area contributed by atoms with Crippen molar-refractivity contribution in [2.75, 3.05) is 5.32 Å². The number of furan rings is 1. The number of hydrogen-bond acceptors (Lipinski definition) is 2. The maximum atomic E-state index is 5.37. The fourth-order valence-electron chi connectivity index (χ4n) is 1.92. The fourth-order valence-corrected chi connectivity index (χ4v) is 1.92. The molecule has 0 fully saturated rings. The van der Waals surface area contributed by atoms with Crippen molar-refractivity contribution in [1.29, 1.82) is 0 Å². The third-order valence-corrected chi connectivity index (χ3v) is 2.85. The summed E-state index contributed by atoms with van der Waals surface area (Å²) < 4.78 is 5.37. The Bertz CT molecular complexity index is 430. The Labute approximate surface area is 103 Å². The summed E-state index contributed by atoms with van der Waals surface area (Å²) >= 11 is 0. The predicted molar refractivity (Wildman–Crippen MR) is 71.2 cm³/mol. The van der Waals surface area contributed by atoms with E-state index in [1.54, 1.807) is 6.26 Å². The molecular formula is C15H19NO. The molecule has 1 unspecified atom stereocenters. The minimum atomic E-state index is 0.196. The molecule has 0 saturated carbocycles. The molecule has 1 atom stereocenters. The normalized spacial score (nSPS) is 12.4. The van der Waals surface area contributed by atoms with Crippen LogP contribution in [0, 0.1) is 0 Å². The van der Waals surface area contributed by atoms with Crippen LogP contribution in [0.2, 0.25) is 0 Å². The smallest absolute Gasteiger partial charge is 0.125 e. The third kappa shape index (κ3) is 3.13. The molecule has 1 aromatic heterocycles. The molecule has 2 rings (SSSR count). The molecule has 0 amide bonds. The van der Waals surface area contributed by atoms with E-state index in [0.717, 1.165) is 17.9 Å². The van der Waals surface area contributed by atoms with Gasteiger partial charge in [0, 0.05) is 5.69 Å². The summed E-state index contributed by atoms with van der Waals surface area (Å²) in [5.74, 6) is 0.961. The van der Waals surface area contributed by atoms with Crippen LogP contribution in [0.3, 0.4) is 0 Å². The number of aryl methyl sites for hydroxylation is 1. The molecule has 0 aliphatic heterocycles. The van der Waals surface area contributed by atoms with Crippen molar-refractivity contribution in [2.24, 2.45) is 0 Å². The van der Waals surface area contributed by atoms with E-state index in [9.17, 15) is 0 Å². The lowest BCUT2D eigenvalue weighted by molar-refractivity contribution is 0.490. The summed E-state index contributed by atoms with van der Waals surface area (Å²) in [6.45, 7) is 4.30. The van der Waals surface area contributed by atoms with Gasteiger partial charge in [0.1, 0.15) is 5.76 Å². The van der Waals surface area contributed by atoms with Crippen LogP contribution in [-0.2, 0) is 6.42 Å². The quantitative estimate of drug-likeness (QED) is 0.821. The first-order valence-electron chi connectivity index (χ1n) is 6.18. The van der Waals surface area contributed by atoms with Crippen molar-refractivity contribution in [3.63, 3.8) is 0 Å². The number of rotatable bonds is 5. The molecule has 1 N–H and O–H groups in total. The zero-order chi connectivity index (χ0) is 12.1. The van der Waals surface area contributed by atoms with Crippen molar-refractivity contribution in [3.05, 3.63) is 54.0 Å². The van der Waals surface area contributed by atoms with Crippen LogP contribution in [0.15, 0.2) is 47.1 Å². The number of benzene rings is 1. The highest BCUT2D eigenvalue weighted by Gasteiger charge is 2.07. The molecule has 0 radical (unpaired) electrons. The summed E-state index contributed by atoms with van der Waals surface area (Å²) in [7, 11) is 0. The first-order chi connectivity index (χ1) is 8.29. The van der Waals surface area contributed by atoms with Gasteiger partial charge in [0.2, 0.25) is 0 Å². The molecule has 0 saturated heterocycles. The van der Waals surface area contributed by atoms with Crippen molar-refractivity contribution in [3.8, 4) is 0 Å². The largest absolute Gasteiger partial charge is 0.467 e. The van der Waals surface area contributed by atoms with Gasteiger partial charge >= 0.3 is 0 Å². The Morgan fingerprint density at radius 3 is 2.53 bits per heavy atom. The Hall–Kier alpha value is -1.70. The molecule has 0 spiro atoms. The van der Waals surface area contributed by atoms with Gasteiger partial charge in [-0.25, -0.2) is 0 Å². The van der Waals surface area contributed by atoms with Gasteiger partial charge in [-0.2, -0.15) is 0 Å². The lowest BCUT2D eigenvalue weighted by Crippen LogP contribution is -2.05. The monoisotopic (exact) mass is 229 g/mol. The van der Waals surface area contributed by atoms with E-state index >= 15 is 0 Å². The summed E-state index contributed by atoms with van der Waals surface area (Å²) in [6.07, 6.45) is 4.04. The maximum Gasteiger partial charge on any atom is 0.125 e. The van der Waals surface area contributed by atoms with Gasteiger partial charge in [-0.05, 0) is 43.2 Å². The number of hydrogen-bond donors (Lipinski definition) is 1. The molecule has 0 aliphatic carbocycles. The van der Waals surface area contributed by atoms with E-state index in [2.05, 4.69) is 43.4 Å². The van der Waals surface area contributed by atoms with Crippen LogP contribution >= 0.6 is 0 Å². The molecule has 90 valence electrons. The lowest BCUT2D eigenvalue weighted by atomic mass is 10.1. The Balaban J connectivity index is 1.99. The molecule has 2 heteroatoms. The van der Waals surface area contributed by atoms with E-state index in [1.807, 2.05) is 12.1 Å². The number of nitrogens with one attached hydrogen (secondary N) is 1. The molecule has 0 bridgehead atoms. The van der Waals surface area contributed by atoms with Gasteiger partial charge < -0.3 is 9.73 Å². The van der Waals surface area contributed by atoms with Crippen molar-refractivity contribution in [2.45, 2.75) is 32.7 Å². The van der Waals surface area contributed by atoms with Crippen LogP contribution in [0.25, 0.3) is 0 Å². The average molecular weight is 229 g/mol. The van der Waals surface area contributed by atoms with E-state index in [1.165, 1.54) is 12.0 Å². The van der Waals surface area contributed by atoms with Crippen LogP contribution in [0.1, 0.15) is 37.6 Å². The standard InChI is InChI=1S/C15H19NO/c1-3-5-13-7-9-14(10-8-13)16-12(2)15-6-4-11-17-15/h4,6-12,16H,3,5H2,1-2H3. The summed E-state index contributed by atoms with van der Waals surface area (Å²) in [5, 5.41) is 3.42. The van der Waals surface area contributed by atoms with Crippen LogP contribution in [0.5, 0.6) is 0 Å². The predicted octanol–water partition coefficient (Wildman–Crippen LogP) is 4.41. The SMILES string of the molecule is CCCc1ccc(NC(C)c2ccco2)cc1. The second kappa shape index (κ2) is 5.58. The second-order valence-electron chi connectivity index (χ2n) is 4.33. The highest BCUT2D eigenvalue weighted by atomic mass is 16.3. The first-order valence-corrected chi connectivity index (χ1v) is 6.18. The van der Waals surface area contributed by atoms with E-state index in [4.69, 9.17) is 4.42 Å². The molecular weight excluding hydrogens is 210 g/mol. The van der Waals surface area contributed by atoms with Gasteiger partial charge in [-0.3, -0.25) is 0 Å². The van der Waals surface area contributed by atoms with Gasteiger partial charge in [-0.15, -0.1) is 0 Å². The Morgan fingerprint density at radius 1 is 1.18 bits per heavy atom. The van der Waals surface area contributed by atoms with Crippen LogP contribution in [0.4, 0.5) is 5.69 Å². The molecule has 2 nitrogen and oxygen atoms in total. The molecule has 1 aromatic carbocycles. The molecule has 1 heterocycles. The van der Waals surface area contributed by atoms with Crippen LogP contribution in [-0.4, -0.2) is 0 Å². The zero-order valence-electron chi connectivity index (χ0n) is 10.4. The lowest BCUT2D eigenvalue weighted by Gasteiger charge is -2.13. The first kappa shape index (κ1) is 11.8. The Morgan fingerprint density at radius 2 is 1.94 bits per heavy atom. The number of anilines is 1. The zero-order valence-corrected chi connectivity index (χ0v) is 10.4. The van der Waals surface area contributed by atoms with Gasteiger partial charge in [-0.1, -0.05) is 25.5 Å². The van der Waals surface area contributed by atoms with E-state index < -0.39 is 0 Å². The van der Waals surface area contributed by atoms with E-state index in [0.29, 0.717) is 0 Å². The maximum absolute atomic E-state index is 5.37. The highest BCUT2D eigenvalue weighted by Crippen LogP contribution is 2.20. The third-order valence-electron chi connectivity index (χ3n) is 2.85. The van der Waals surface area contributed by atoms with Crippen molar-refractivity contribution < 1.29 is 4.42 Å². The fraction of sp³-hybridized carbons (Fsp3) is 0.333. The van der Waals surface area contributed by atoms with Crippen molar-refractivity contribution >= 4 is 5.69 Å². The van der Waals surface area contributed by atoms with Crippen molar-refractivity contribution in [1.82, 2.24) is 0 Å². The second-order valence-corrected chi connectivity index (χ2v) is 4.33. The molecule has 0 aliphatic rings. The minimum absolute atomic E-state index is 0.196. The summed E-state index contributed by atoms with van der Waals surface area (Å²) in [5.41, 5.74) is 2.53. The average Bonchev–Trinajstić information content (AvgIpc) is 2.86. The van der Waals surface area contributed by atoms with Gasteiger partial charge in [0.25, 0.3) is 0 Å². The van der Waals surface area contributed by atoms with Gasteiger partial charge in [0.15, 0.2) is 0 Å². The van der Waals surface area contributed by atoms with Crippen LogP contribution < -0.4 is 5.32 Å². The minimum Gasteiger partial charge on any atom is -0.467 e. The molecule has 17 heavy (non-hydrogen) atoms. The summed E-state index contributed by atoms with van der Waals surface area (Å²) in [4.78, 5) is 0. The topological polar surface area (TPSA) is 25.2 Å². The Kier molecular flexibility index (Phi) is 3.86.